The van der Waals surface area contributed by atoms with Gasteiger partial charge in [0.1, 0.15) is 41.3 Å². The molecular formula is C27H26N4O9S. The number of carbonyl (C=O) groups excluding carboxylic acids is 4. The monoisotopic (exact) mass is 582 g/mol. The summed E-state index contributed by atoms with van der Waals surface area (Å²) in [6.07, 6.45) is -5.32. The van der Waals surface area contributed by atoms with Gasteiger partial charge in [0.05, 0.1) is 5.56 Å². The average Bonchev–Trinajstić information content (AvgIpc) is 2.90. The van der Waals surface area contributed by atoms with Crippen LogP contribution in [0, 0.1) is 22.7 Å². The first-order chi connectivity index (χ1) is 19.5. The molecule has 1 aromatic carbocycles. The zero-order chi connectivity index (χ0) is 30.3. The predicted octanol–water partition coefficient (Wildman–Crippen LogP) is 2.25. The van der Waals surface area contributed by atoms with E-state index < -0.39 is 60.3 Å². The summed E-state index contributed by atoms with van der Waals surface area (Å²) < 4.78 is 27.5. The second-order valence-corrected chi connectivity index (χ2v) is 9.79. The van der Waals surface area contributed by atoms with Crippen molar-refractivity contribution in [3.63, 3.8) is 0 Å². The van der Waals surface area contributed by atoms with Gasteiger partial charge in [-0.3, -0.25) is 19.2 Å². The number of aromatic nitrogens is 1. The minimum absolute atomic E-state index is 0.0141. The van der Waals surface area contributed by atoms with Crippen LogP contribution in [0.3, 0.4) is 0 Å². The molecule has 14 heteroatoms. The van der Waals surface area contributed by atoms with E-state index in [1.54, 1.807) is 30.3 Å². The van der Waals surface area contributed by atoms with Gasteiger partial charge in [-0.1, -0.05) is 42.1 Å². The van der Waals surface area contributed by atoms with Gasteiger partial charge in [-0.2, -0.15) is 10.5 Å². The third-order valence-electron chi connectivity index (χ3n) is 5.65. The highest BCUT2D eigenvalue weighted by molar-refractivity contribution is 7.99. The van der Waals surface area contributed by atoms with E-state index in [1.807, 2.05) is 6.07 Å². The number of thioether (sulfide) groups is 1. The van der Waals surface area contributed by atoms with Crippen molar-refractivity contribution in [3.05, 3.63) is 41.5 Å². The molecule has 0 amide bonds. The van der Waals surface area contributed by atoms with Crippen molar-refractivity contribution in [2.45, 2.75) is 62.6 Å². The summed E-state index contributed by atoms with van der Waals surface area (Å²) in [7, 11) is 0. The van der Waals surface area contributed by atoms with Crippen LogP contribution in [-0.4, -0.2) is 65.3 Å². The summed E-state index contributed by atoms with van der Waals surface area (Å²) in [6.45, 7) is 4.08. The number of rotatable bonds is 8. The molecule has 0 radical (unpaired) electrons. The molecular weight excluding hydrogens is 556 g/mol. The number of pyridine rings is 1. The van der Waals surface area contributed by atoms with E-state index in [0.717, 1.165) is 39.5 Å². The van der Waals surface area contributed by atoms with Crippen molar-refractivity contribution >= 4 is 41.5 Å². The lowest BCUT2D eigenvalue weighted by Crippen LogP contribution is -2.61. The lowest BCUT2D eigenvalue weighted by atomic mass is 9.97. The molecule has 41 heavy (non-hydrogen) atoms. The van der Waals surface area contributed by atoms with Crippen LogP contribution in [-0.2, 0) is 42.9 Å². The van der Waals surface area contributed by atoms with E-state index in [4.69, 9.17) is 29.4 Å². The largest absolute Gasteiger partial charge is 0.463 e. The smallest absolute Gasteiger partial charge is 0.303 e. The summed E-state index contributed by atoms with van der Waals surface area (Å²) in [5.41, 5.74) is 5.61. The van der Waals surface area contributed by atoms with Crippen molar-refractivity contribution in [1.82, 2.24) is 4.98 Å². The van der Waals surface area contributed by atoms with Crippen molar-refractivity contribution in [1.29, 1.82) is 10.5 Å². The molecule has 3 rings (SSSR count). The van der Waals surface area contributed by atoms with Gasteiger partial charge in [-0.05, 0) is 5.56 Å². The van der Waals surface area contributed by atoms with Gasteiger partial charge in [0.15, 0.2) is 23.7 Å². The Morgan fingerprint density at radius 3 is 1.98 bits per heavy atom. The zero-order valence-corrected chi connectivity index (χ0v) is 23.3. The SMILES string of the molecule is CC(=O)OC[C@H]1O[C@@H](Sc2nc(N)c(C#N)c(-c3ccccc3)c2C#N)[C@H](OC(C)=O)[C@@H](OC(C)=O)[C@H]1OC(C)=O. The van der Waals surface area contributed by atoms with Crippen LogP contribution in [0.25, 0.3) is 11.1 Å². The van der Waals surface area contributed by atoms with Crippen molar-refractivity contribution < 1.29 is 42.9 Å². The lowest BCUT2D eigenvalue weighted by molar-refractivity contribution is -0.237. The number of carbonyl (C=O) groups is 4. The topological polar surface area (TPSA) is 201 Å². The summed E-state index contributed by atoms with van der Waals surface area (Å²) in [4.78, 5) is 52.0. The van der Waals surface area contributed by atoms with Gasteiger partial charge in [-0.15, -0.1) is 0 Å². The highest BCUT2D eigenvalue weighted by Gasteiger charge is 2.52. The maximum atomic E-state index is 12.1. The molecule has 5 atom stereocenters. The Labute approximate surface area is 239 Å². The molecule has 1 aromatic heterocycles. The minimum Gasteiger partial charge on any atom is -0.463 e. The van der Waals surface area contributed by atoms with Gasteiger partial charge < -0.3 is 29.4 Å². The second-order valence-electron chi connectivity index (χ2n) is 8.70. The van der Waals surface area contributed by atoms with Crippen molar-refractivity contribution in [3.8, 4) is 23.3 Å². The third kappa shape index (κ3) is 7.51. The fourth-order valence-electron chi connectivity index (χ4n) is 4.17. The minimum atomic E-state index is -1.40. The lowest BCUT2D eigenvalue weighted by Gasteiger charge is -2.44. The van der Waals surface area contributed by atoms with Gasteiger partial charge in [-0.25, -0.2) is 4.98 Å². The maximum absolute atomic E-state index is 12.1. The summed E-state index contributed by atoms with van der Waals surface area (Å²) in [5, 5.41) is 20.0. The molecule has 2 heterocycles. The fourth-order valence-corrected chi connectivity index (χ4v) is 5.35. The molecule has 2 N–H and O–H groups in total. The number of esters is 4. The molecule has 1 aliphatic heterocycles. The van der Waals surface area contributed by atoms with E-state index in [-0.39, 0.29) is 27.5 Å². The molecule has 0 bridgehead atoms. The van der Waals surface area contributed by atoms with Crippen LogP contribution in [0.5, 0.6) is 0 Å². The van der Waals surface area contributed by atoms with E-state index in [9.17, 15) is 29.7 Å². The molecule has 1 aliphatic rings. The van der Waals surface area contributed by atoms with Crippen LogP contribution in [0.4, 0.5) is 5.82 Å². The molecule has 214 valence electrons. The third-order valence-corrected chi connectivity index (χ3v) is 6.78. The van der Waals surface area contributed by atoms with E-state index >= 15 is 0 Å². The number of nitrogens with zero attached hydrogens (tertiary/aromatic N) is 3. The summed E-state index contributed by atoms with van der Waals surface area (Å²) in [6, 6.07) is 12.6. The second kappa shape index (κ2) is 13.6. The number of benzene rings is 1. The Morgan fingerprint density at radius 1 is 0.878 bits per heavy atom. The highest BCUT2D eigenvalue weighted by Crippen LogP contribution is 2.41. The number of nitrogens with two attached hydrogens (primary N) is 1. The number of hydrogen-bond acceptors (Lipinski definition) is 14. The molecule has 13 nitrogen and oxygen atoms in total. The normalized spacial score (nSPS) is 21.5. The number of hydrogen-bond donors (Lipinski definition) is 1. The van der Waals surface area contributed by atoms with E-state index in [2.05, 4.69) is 11.1 Å². The molecule has 0 aliphatic carbocycles. The quantitative estimate of drug-likeness (QED) is 0.351. The van der Waals surface area contributed by atoms with Gasteiger partial charge in [0, 0.05) is 33.3 Å². The Bertz CT molecular complexity index is 1420. The molecule has 0 saturated carbocycles. The Balaban J connectivity index is 2.18. The van der Waals surface area contributed by atoms with Crippen LogP contribution in [0.2, 0.25) is 0 Å². The van der Waals surface area contributed by atoms with Crippen LogP contribution >= 0.6 is 11.8 Å². The Kier molecular flexibility index (Phi) is 10.2. The van der Waals surface area contributed by atoms with Crippen molar-refractivity contribution in [2.24, 2.45) is 0 Å². The van der Waals surface area contributed by atoms with E-state index in [0.29, 0.717) is 5.56 Å². The fraction of sp³-hybridized carbons (Fsp3) is 0.370. The zero-order valence-electron chi connectivity index (χ0n) is 22.5. The summed E-state index contributed by atoms with van der Waals surface area (Å²) >= 11 is 0.803. The standard InChI is InChI=1S/C27H26N4O9S/c1-13(32)36-12-20-22(37-14(2)33)23(38-15(3)34)24(39-16(4)35)27(40-20)41-26-19(11-29)21(17-8-6-5-7-9-17)18(10-28)25(30)31-26/h5-9,20,22-24,27H,12H2,1-4H3,(H2,30,31)/t20-,22+,23+,24-,27+/m1/s1. The molecule has 0 unspecified atom stereocenters. The Hall–Kier alpha value is -4.66. The average molecular weight is 583 g/mol. The first-order valence-corrected chi connectivity index (χ1v) is 13.0. The first kappa shape index (κ1) is 30.9. The van der Waals surface area contributed by atoms with Crippen molar-refractivity contribution in [2.75, 3.05) is 12.3 Å². The summed E-state index contributed by atoms with van der Waals surface area (Å²) in [5.74, 6) is -3.16. The van der Waals surface area contributed by atoms with Crippen LogP contribution < -0.4 is 5.73 Å². The molecule has 0 spiro atoms. The number of nitrogen functional groups attached to an aromatic ring is 1. The predicted molar refractivity (Wildman–Crippen MR) is 141 cm³/mol. The Morgan fingerprint density at radius 2 is 1.44 bits per heavy atom. The number of nitriles is 2. The first-order valence-electron chi connectivity index (χ1n) is 12.1. The van der Waals surface area contributed by atoms with Gasteiger partial charge >= 0.3 is 23.9 Å². The number of ether oxygens (including phenoxy) is 5. The molecule has 2 aromatic rings. The maximum Gasteiger partial charge on any atom is 0.303 e. The molecule has 1 fully saturated rings. The number of anilines is 1. The highest BCUT2D eigenvalue weighted by atomic mass is 32.2. The van der Waals surface area contributed by atoms with Crippen LogP contribution in [0.15, 0.2) is 35.4 Å². The van der Waals surface area contributed by atoms with E-state index in [1.165, 1.54) is 0 Å². The molecule has 1 saturated heterocycles. The van der Waals surface area contributed by atoms with Gasteiger partial charge in [0.2, 0.25) is 0 Å². The van der Waals surface area contributed by atoms with Crippen LogP contribution in [0.1, 0.15) is 38.8 Å². The van der Waals surface area contributed by atoms with Gasteiger partial charge in [0.25, 0.3) is 0 Å².